The van der Waals surface area contributed by atoms with Gasteiger partial charge < -0.3 is 5.32 Å². The van der Waals surface area contributed by atoms with Gasteiger partial charge in [0.05, 0.1) is 16.3 Å². The molecule has 0 fully saturated rings. The molecule has 0 atom stereocenters. The number of carbonyl (C=O) groups is 1. The number of rotatable bonds is 6. The van der Waals surface area contributed by atoms with Gasteiger partial charge in [-0.15, -0.1) is 5.10 Å². The molecule has 0 unspecified atom stereocenters. The van der Waals surface area contributed by atoms with Crippen molar-refractivity contribution < 1.29 is 13.2 Å². The number of hydrogen-bond acceptors (Lipinski definition) is 7. The number of halogens is 1. The molecule has 3 rings (SSSR count). The van der Waals surface area contributed by atoms with Crippen molar-refractivity contribution in [3.8, 4) is 5.69 Å². The van der Waals surface area contributed by atoms with Crippen LogP contribution in [0.5, 0.6) is 0 Å². The van der Waals surface area contributed by atoms with Crippen LogP contribution in [0.25, 0.3) is 5.69 Å². The fourth-order valence-corrected chi connectivity index (χ4v) is 4.92. The molecule has 0 aliphatic heterocycles. The lowest BCUT2D eigenvalue weighted by Crippen LogP contribution is -2.15. The molecule has 146 valence electrons. The Labute approximate surface area is 179 Å². The second-order valence-electron chi connectivity index (χ2n) is 5.43. The van der Waals surface area contributed by atoms with Gasteiger partial charge in [-0.3, -0.25) is 4.79 Å². The van der Waals surface area contributed by atoms with Gasteiger partial charge >= 0.3 is 0 Å². The van der Waals surface area contributed by atoms with Crippen LogP contribution in [-0.2, 0) is 14.8 Å². The molecule has 0 saturated heterocycles. The average molecular weight is 473 g/mol. The van der Waals surface area contributed by atoms with Crippen molar-refractivity contribution in [3.05, 3.63) is 57.5 Å². The predicted molar refractivity (Wildman–Crippen MR) is 114 cm³/mol. The lowest BCUT2D eigenvalue weighted by molar-refractivity contribution is -0.113. The van der Waals surface area contributed by atoms with Crippen molar-refractivity contribution in [2.45, 2.75) is 9.24 Å². The maximum atomic E-state index is 12.1. The number of sulfonamides is 1. The Morgan fingerprint density at radius 1 is 1.21 bits per heavy atom. The summed E-state index contributed by atoms with van der Waals surface area (Å²) in [5, 5.41) is 12.8. The lowest BCUT2D eigenvalue weighted by atomic mass is 10.3. The van der Waals surface area contributed by atoms with E-state index in [1.54, 1.807) is 16.8 Å². The molecule has 0 bridgehead atoms. The number of nitrogens with zero attached hydrogens (tertiary/aromatic N) is 2. The summed E-state index contributed by atoms with van der Waals surface area (Å²) < 4.78 is 25.3. The second kappa shape index (κ2) is 8.72. The van der Waals surface area contributed by atoms with E-state index < -0.39 is 10.0 Å². The molecule has 0 saturated carbocycles. The molecule has 0 aliphatic carbocycles. The highest BCUT2D eigenvalue weighted by molar-refractivity contribution is 8.01. The van der Waals surface area contributed by atoms with Crippen LogP contribution in [0.2, 0.25) is 5.02 Å². The molecule has 1 amide bonds. The smallest absolute Gasteiger partial charge is 0.238 e. The molecular weight excluding hydrogens is 460 g/mol. The standard InChI is InChI=1S/C16H13ClN4O3S4/c17-10-1-5-12(6-2-10)21-16(25)27-15(20-21)26-9-14(22)19-11-3-7-13(8-4-11)28(18,23)24/h1-8H,9H2,(H,19,22)(H2,18,23,24). The number of carbonyl (C=O) groups excluding carboxylic acids is 1. The highest BCUT2D eigenvalue weighted by atomic mass is 35.5. The highest BCUT2D eigenvalue weighted by Gasteiger charge is 2.11. The first-order chi connectivity index (χ1) is 13.2. The zero-order chi connectivity index (χ0) is 20.3. The SMILES string of the molecule is NS(=O)(=O)c1ccc(NC(=O)CSc2nn(-c3ccc(Cl)cc3)c(=S)s2)cc1. The molecule has 2 aromatic carbocycles. The van der Waals surface area contributed by atoms with Crippen LogP contribution in [0.4, 0.5) is 5.69 Å². The van der Waals surface area contributed by atoms with Crippen molar-refractivity contribution in [1.29, 1.82) is 0 Å². The van der Waals surface area contributed by atoms with Crippen LogP contribution < -0.4 is 10.5 Å². The number of primary sulfonamides is 1. The summed E-state index contributed by atoms with van der Waals surface area (Å²) in [5.74, 6) is -0.132. The Morgan fingerprint density at radius 3 is 2.46 bits per heavy atom. The minimum atomic E-state index is -3.76. The number of nitrogens with two attached hydrogens (primary N) is 1. The predicted octanol–water partition coefficient (Wildman–Crippen LogP) is 3.69. The molecule has 1 heterocycles. The average Bonchev–Trinajstić information content (AvgIpc) is 3.01. The van der Waals surface area contributed by atoms with Crippen molar-refractivity contribution in [3.63, 3.8) is 0 Å². The number of nitrogens with one attached hydrogen (secondary N) is 1. The summed E-state index contributed by atoms with van der Waals surface area (Å²) >= 11 is 13.8. The van der Waals surface area contributed by atoms with E-state index in [0.717, 1.165) is 5.69 Å². The van der Waals surface area contributed by atoms with E-state index in [2.05, 4.69) is 10.4 Å². The molecule has 12 heteroatoms. The largest absolute Gasteiger partial charge is 0.325 e. The fraction of sp³-hybridized carbons (Fsp3) is 0.0625. The summed E-state index contributed by atoms with van der Waals surface area (Å²) in [4.78, 5) is 12.1. The Bertz CT molecular complexity index is 1160. The Balaban J connectivity index is 1.61. The zero-order valence-electron chi connectivity index (χ0n) is 14.0. The maximum absolute atomic E-state index is 12.1. The number of hydrogen-bond donors (Lipinski definition) is 2. The van der Waals surface area contributed by atoms with Gasteiger partial charge in [0.15, 0.2) is 8.29 Å². The van der Waals surface area contributed by atoms with Gasteiger partial charge in [-0.25, -0.2) is 18.2 Å². The first-order valence-corrected chi connectivity index (χ1v) is 11.8. The van der Waals surface area contributed by atoms with Crippen molar-refractivity contribution in [2.75, 3.05) is 11.1 Å². The molecule has 3 aromatic rings. The van der Waals surface area contributed by atoms with Gasteiger partial charge in [0.1, 0.15) is 0 Å². The van der Waals surface area contributed by atoms with E-state index in [-0.39, 0.29) is 16.6 Å². The minimum Gasteiger partial charge on any atom is -0.325 e. The molecule has 0 spiro atoms. The number of thioether (sulfide) groups is 1. The van der Waals surface area contributed by atoms with E-state index >= 15 is 0 Å². The van der Waals surface area contributed by atoms with Gasteiger partial charge in [0.25, 0.3) is 0 Å². The lowest BCUT2D eigenvalue weighted by Gasteiger charge is -2.05. The number of benzene rings is 2. The molecule has 0 radical (unpaired) electrons. The van der Waals surface area contributed by atoms with Crippen LogP contribution in [-0.4, -0.2) is 29.9 Å². The van der Waals surface area contributed by atoms with Crippen LogP contribution >= 0.6 is 46.9 Å². The third kappa shape index (κ3) is 5.40. The van der Waals surface area contributed by atoms with Crippen LogP contribution in [0.15, 0.2) is 57.8 Å². The summed E-state index contributed by atoms with van der Waals surface area (Å²) in [6.45, 7) is 0. The molecule has 0 aliphatic rings. The van der Waals surface area contributed by atoms with E-state index in [1.165, 1.54) is 47.4 Å². The Hall–Kier alpha value is -1.76. The summed E-state index contributed by atoms with van der Waals surface area (Å²) in [7, 11) is -3.76. The quantitative estimate of drug-likeness (QED) is 0.418. The van der Waals surface area contributed by atoms with Crippen LogP contribution in [0, 0.1) is 3.95 Å². The zero-order valence-corrected chi connectivity index (χ0v) is 18.1. The molecule has 3 N–H and O–H groups in total. The molecule has 7 nitrogen and oxygen atoms in total. The Morgan fingerprint density at radius 2 is 1.86 bits per heavy atom. The number of anilines is 1. The van der Waals surface area contributed by atoms with Crippen molar-refractivity contribution in [1.82, 2.24) is 9.78 Å². The summed E-state index contributed by atoms with van der Waals surface area (Å²) in [6.07, 6.45) is 0. The first-order valence-electron chi connectivity index (χ1n) is 7.64. The van der Waals surface area contributed by atoms with Gasteiger partial charge in [-0.1, -0.05) is 34.7 Å². The third-order valence-corrected chi connectivity index (χ3v) is 6.94. The number of amides is 1. The maximum Gasteiger partial charge on any atom is 0.238 e. The van der Waals surface area contributed by atoms with Crippen molar-refractivity contribution >= 4 is 68.5 Å². The summed E-state index contributed by atoms with van der Waals surface area (Å²) in [5.41, 5.74) is 1.26. The minimum absolute atomic E-state index is 0.0209. The summed E-state index contributed by atoms with van der Waals surface area (Å²) in [6, 6.07) is 12.7. The molecule has 28 heavy (non-hydrogen) atoms. The van der Waals surface area contributed by atoms with E-state index in [1.807, 2.05) is 12.1 Å². The first kappa shape index (κ1) is 21.0. The van der Waals surface area contributed by atoms with E-state index in [0.29, 0.717) is 19.0 Å². The van der Waals surface area contributed by atoms with Crippen LogP contribution in [0.1, 0.15) is 0 Å². The van der Waals surface area contributed by atoms with Gasteiger partial charge in [-0.2, -0.15) is 0 Å². The van der Waals surface area contributed by atoms with Gasteiger partial charge in [0.2, 0.25) is 15.9 Å². The van der Waals surface area contributed by atoms with Gasteiger partial charge in [-0.05, 0) is 60.7 Å². The topological polar surface area (TPSA) is 107 Å². The van der Waals surface area contributed by atoms with E-state index in [4.69, 9.17) is 29.0 Å². The fourth-order valence-electron chi connectivity index (χ4n) is 2.12. The normalized spacial score (nSPS) is 11.4. The monoisotopic (exact) mass is 472 g/mol. The molecular formula is C16H13ClN4O3S4. The van der Waals surface area contributed by atoms with E-state index in [9.17, 15) is 13.2 Å². The van der Waals surface area contributed by atoms with Crippen molar-refractivity contribution in [2.24, 2.45) is 5.14 Å². The highest BCUT2D eigenvalue weighted by Crippen LogP contribution is 2.25. The Kier molecular flexibility index (Phi) is 6.53. The third-order valence-electron chi connectivity index (χ3n) is 3.39. The van der Waals surface area contributed by atoms with Crippen LogP contribution in [0.3, 0.4) is 0 Å². The number of aromatic nitrogens is 2. The molecule has 1 aromatic heterocycles. The second-order valence-corrected chi connectivity index (χ2v) is 10.3. The van der Waals surface area contributed by atoms with Gasteiger partial charge in [0, 0.05) is 10.7 Å².